The van der Waals surface area contributed by atoms with Crippen LogP contribution >= 0.6 is 0 Å². The van der Waals surface area contributed by atoms with Crippen LogP contribution in [-0.2, 0) is 0 Å². The molecule has 1 unspecified atom stereocenters. The molecule has 3 rings (SSSR count). The molecule has 0 aromatic carbocycles. The fraction of sp³-hybridized carbons (Fsp3) is 0.467. The number of H-pyrrole nitrogens is 1. The number of nitrogens with one attached hydrogen (secondary N) is 1. The maximum atomic E-state index is 13.3. The predicted octanol–water partition coefficient (Wildman–Crippen LogP) is 3.09. The van der Waals surface area contributed by atoms with Crippen molar-refractivity contribution in [2.75, 3.05) is 18.0 Å². The Morgan fingerprint density at radius 3 is 2.91 bits per heavy atom. The fourth-order valence-electron chi connectivity index (χ4n) is 3.00. The summed E-state index contributed by atoms with van der Waals surface area (Å²) < 4.78 is 39.9. The normalized spacial score (nSPS) is 23.0. The van der Waals surface area contributed by atoms with Crippen molar-refractivity contribution in [1.29, 1.82) is 0 Å². The van der Waals surface area contributed by atoms with Gasteiger partial charge in [0.2, 0.25) is 0 Å². The minimum atomic E-state index is -4.26. The first-order chi connectivity index (χ1) is 10.3. The van der Waals surface area contributed by atoms with E-state index in [2.05, 4.69) is 9.97 Å². The lowest BCUT2D eigenvalue weighted by Crippen LogP contribution is -2.50. The molecule has 0 amide bonds. The minimum Gasteiger partial charge on any atom is -0.370 e. The molecule has 1 saturated heterocycles. The van der Waals surface area contributed by atoms with Gasteiger partial charge in [0, 0.05) is 30.7 Å². The van der Waals surface area contributed by atoms with Gasteiger partial charge in [-0.25, -0.2) is 4.98 Å². The Hall–Kier alpha value is -2.05. The van der Waals surface area contributed by atoms with Crippen LogP contribution in [0.5, 0.6) is 0 Å². The highest BCUT2D eigenvalue weighted by atomic mass is 19.4. The highest BCUT2D eigenvalue weighted by Crippen LogP contribution is 2.45. The Balaban J connectivity index is 2.06. The number of fused-ring (bicyclic) bond motifs is 1. The van der Waals surface area contributed by atoms with Crippen LogP contribution in [0.15, 0.2) is 29.2 Å². The van der Waals surface area contributed by atoms with Gasteiger partial charge in [0.15, 0.2) is 0 Å². The molecule has 22 heavy (non-hydrogen) atoms. The van der Waals surface area contributed by atoms with Gasteiger partial charge in [-0.15, -0.1) is 0 Å². The molecule has 1 fully saturated rings. The molecule has 3 heterocycles. The molecule has 0 bridgehead atoms. The highest BCUT2D eigenvalue weighted by Gasteiger charge is 2.52. The average Bonchev–Trinajstić information content (AvgIpc) is 2.45. The number of aromatic nitrogens is 2. The lowest BCUT2D eigenvalue weighted by molar-refractivity contribution is -0.219. The summed E-state index contributed by atoms with van der Waals surface area (Å²) in [6.07, 6.45) is -2.18. The van der Waals surface area contributed by atoms with E-state index in [1.807, 2.05) is 0 Å². The van der Waals surface area contributed by atoms with Gasteiger partial charge in [-0.1, -0.05) is 0 Å². The van der Waals surface area contributed by atoms with Crippen LogP contribution in [0.3, 0.4) is 0 Å². The number of anilines is 1. The molecule has 0 spiro atoms. The third kappa shape index (κ3) is 2.44. The predicted molar refractivity (Wildman–Crippen MR) is 78.0 cm³/mol. The highest BCUT2D eigenvalue weighted by molar-refractivity contribution is 5.89. The van der Waals surface area contributed by atoms with Gasteiger partial charge < -0.3 is 9.88 Å². The van der Waals surface area contributed by atoms with Gasteiger partial charge >= 0.3 is 6.18 Å². The molecule has 1 atom stereocenters. The van der Waals surface area contributed by atoms with Crippen molar-refractivity contribution in [3.05, 3.63) is 34.7 Å². The van der Waals surface area contributed by atoms with Gasteiger partial charge in [-0.2, -0.15) is 13.2 Å². The van der Waals surface area contributed by atoms with Crippen molar-refractivity contribution in [3.8, 4) is 0 Å². The number of pyridine rings is 2. The van der Waals surface area contributed by atoms with Crippen LogP contribution in [0.1, 0.15) is 19.8 Å². The van der Waals surface area contributed by atoms with Crippen molar-refractivity contribution in [2.45, 2.75) is 25.9 Å². The number of rotatable bonds is 1. The second-order valence-electron chi connectivity index (χ2n) is 6.00. The third-order valence-electron chi connectivity index (χ3n) is 4.31. The van der Waals surface area contributed by atoms with Crippen LogP contribution in [0.4, 0.5) is 18.9 Å². The summed E-state index contributed by atoms with van der Waals surface area (Å²) in [6.45, 7) is 1.59. The zero-order valence-corrected chi connectivity index (χ0v) is 12.1. The molecule has 7 heteroatoms. The number of piperidine rings is 1. The van der Waals surface area contributed by atoms with Gasteiger partial charge in [0.1, 0.15) is 5.65 Å². The Bertz CT molecular complexity index is 756. The molecular weight excluding hydrogens is 295 g/mol. The van der Waals surface area contributed by atoms with E-state index in [0.717, 1.165) is 0 Å². The molecule has 1 N–H and O–H groups in total. The van der Waals surface area contributed by atoms with Crippen molar-refractivity contribution >= 4 is 16.7 Å². The first-order valence-electron chi connectivity index (χ1n) is 7.10. The van der Waals surface area contributed by atoms with Crippen LogP contribution in [0, 0.1) is 5.41 Å². The molecule has 0 radical (unpaired) electrons. The van der Waals surface area contributed by atoms with Gasteiger partial charge in [0.05, 0.1) is 11.1 Å². The van der Waals surface area contributed by atoms with Crippen molar-refractivity contribution in [3.63, 3.8) is 0 Å². The van der Waals surface area contributed by atoms with Crippen molar-refractivity contribution < 1.29 is 13.2 Å². The molecule has 2 aromatic rings. The maximum Gasteiger partial charge on any atom is 0.395 e. The summed E-state index contributed by atoms with van der Waals surface area (Å²) in [5, 5.41) is 0.661. The topological polar surface area (TPSA) is 49.0 Å². The maximum absolute atomic E-state index is 13.3. The Labute approximate surface area is 125 Å². The van der Waals surface area contributed by atoms with E-state index in [-0.39, 0.29) is 18.5 Å². The van der Waals surface area contributed by atoms with E-state index >= 15 is 0 Å². The molecular formula is C15H16F3N3O. The molecule has 0 aliphatic carbocycles. The largest absolute Gasteiger partial charge is 0.395 e. The van der Waals surface area contributed by atoms with E-state index < -0.39 is 11.6 Å². The number of alkyl halides is 3. The van der Waals surface area contributed by atoms with E-state index in [1.165, 1.54) is 19.2 Å². The monoisotopic (exact) mass is 311 g/mol. The smallest absolute Gasteiger partial charge is 0.370 e. The van der Waals surface area contributed by atoms with E-state index in [0.29, 0.717) is 29.7 Å². The summed E-state index contributed by atoms with van der Waals surface area (Å²) >= 11 is 0. The number of hydrogen-bond donors (Lipinski definition) is 1. The molecule has 118 valence electrons. The number of halogens is 3. The minimum absolute atomic E-state index is 0.104. The lowest BCUT2D eigenvalue weighted by atomic mass is 9.81. The van der Waals surface area contributed by atoms with Crippen molar-refractivity contribution in [1.82, 2.24) is 9.97 Å². The second kappa shape index (κ2) is 5.00. The quantitative estimate of drug-likeness (QED) is 0.880. The molecule has 0 saturated carbocycles. The fourth-order valence-corrected chi connectivity index (χ4v) is 3.00. The van der Waals surface area contributed by atoms with Gasteiger partial charge in [-0.3, -0.25) is 4.79 Å². The number of nitrogens with zero attached hydrogens (tertiary/aromatic N) is 2. The van der Waals surface area contributed by atoms with Gasteiger partial charge in [-0.05, 0) is 31.9 Å². The van der Waals surface area contributed by atoms with Gasteiger partial charge in [0.25, 0.3) is 5.56 Å². The summed E-state index contributed by atoms with van der Waals surface area (Å²) in [4.78, 5) is 20.1. The van der Waals surface area contributed by atoms with Crippen LogP contribution in [0.2, 0.25) is 0 Å². The molecule has 2 aromatic heterocycles. The van der Waals surface area contributed by atoms with Crippen LogP contribution in [0.25, 0.3) is 11.0 Å². The Morgan fingerprint density at radius 1 is 1.41 bits per heavy atom. The Morgan fingerprint density at radius 2 is 2.18 bits per heavy atom. The second-order valence-corrected chi connectivity index (χ2v) is 6.00. The first kappa shape index (κ1) is 14.9. The zero-order chi connectivity index (χ0) is 16.0. The standard InChI is InChI=1S/C15H16F3N3O/c1-14(15(16,17)18)5-3-7-21(9-14)11-8-12(22)20-13-10(11)4-2-6-19-13/h2,4,6,8H,3,5,7,9H2,1H3,(H,19,20,22). The molecule has 4 nitrogen and oxygen atoms in total. The van der Waals surface area contributed by atoms with E-state index in [9.17, 15) is 18.0 Å². The number of aromatic amines is 1. The number of hydrogen-bond acceptors (Lipinski definition) is 3. The Kier molecular flexibility index (Phi) is 3.38. The average molecular weight is 311 g/mol. The summed E-state index contributed by atoms with van der Waals surface area (Å²) in [6, 6.07) is 4.82. The van der Waals surface area contributed by atoms with Crippen LogP contribution < -0.4 is 10.5 Å². The summed E-state index contributed by atoms with van der Waals surface area (Å²) in [5.41, 5.74) is -1.21. The van der Waals surface area contributed by atoms with E-state index in [1.54, 1.807) is 17.0 Å². The zero-order valence-electron chi connectivity index (χ0n) is 12.1. The van der Waals surface area contributed by atoms with E-state index in [4.69, 9.17) is 0 Å². The summed E-state index contributed by atoms with van der Waals surface area (Å²) in [7, 11) is 0. The summed E-state index contributed by atoms with van der Waals surface area (Å²) in [5.74, 6) is 0. The van der Waals surface area contributed by atoms with Crippen LogP contribution in [-0.4, -0.2) is 29.2 Å². The molecule has 1 aliphatic heterocycles. The molecule has 1 aliphatic rings. The first-order valence-corrected chi connectivity index (χ1v) is 7.10. The third-order valence-corrected chi connectivity index (χ3v) is 4.31. The lowest BCUT2D eigenvalue weighted by Gasteiger charge is -2.42. The van der Waals surface area contributed by atoms with Crippen molar-refractivity contribution in [2.24, 2.45) is 5.41 Å². The SMILES string of the molecule is CC1(C(F)(F)F)CCCN(c2cc(=O)[nH]c3ncccc23)C1.